The Kier molecular flexibility index (Phi) is 14.5. The van der Waals surface area contributed by atoms with Crippen LogP contribution in [-0.2, 0) is 23.2 Å². The normalized spacial score (nSPS) is 18.8. The molecule has 6 heterocycles. The van der Waals surface area contributed by atoms with Crippen molar-refractivity contribution in [2.45, 2.75) is 97.6 Å². The molecule has 0 radical (unpaired) electrons. The van der Waals surface area contributed by atoms with Crippen molar-refractivity contribution in [3.8, 4) is 44.5 Å². The molecule has 4 nitrogen and oxygen atoms in total. The van der Waals surface area contributed by atoms with Crippen molar-refractivity contribution >= 4 is 73.6 Å². The quantitative estimate of drug-likeness (QED) is 0.102. The Bertz CT molecular complexity index is 4840. The number of benzene rings is 8. The van der Waals surface area contributed by atoms with Gasteiger partial charge in [-0.2, -0.15) is 0 Å². The fourth-order valence-electron chi connectivity index (χ4n) is 17.6. The molecule has 0 N–H and O–H groups in total. The van der Waals surface area contributed by atoms with Gasteiger partial charge < -0.3 is 0 Å². The predicted molar refractivity (Wildman–Crippen MR) is 393 cm³/mol. The van der Waals surface area contributed by atoms with Crippen LogP contribution in [0.5, 0.6) is 0 Å². The molecular weight excluding hydrogens is 1270 g/mol. The van der Waals surface area contributed by atoms with Gasteiger partial charge in [-0.05, 0) is 0 Å². The van der Waals surface area contributed by atoms with Gasteiger partial charge in [0.15, 0.2) is 0 Å². The van der Waals surface area contributed by atoms with E-state index in [1.54, 1.807) is 10.4 Å². The van der Waals surface area contributed by atoms with Gasteiger partial charge >= 0.3 is 577 Å². The van der Waals surface area contributed by atoms with Crippen molar-refractivity contribution < 1.29 is 40.9 Å². The molecule has 6 aliphatic rings. The van der Waals surface area contributed by atoms with Crippen LogP contribution in [0.25, 0.3) is 90.1 Å². The van der Waals surface area contributed by atoms with Crippen LogP contribution in [0.3, 0.4) is 0 Å². The fraction of sp³-hybridized carbons (Fsp3) is 0.182. The molecule has 8 aromatic carbocycles. The molecule has 4 aliphatic carbocycles. The van der Waals surface area contributed by atoms with Crippen LogP contribution in [0, 0.1) is 41.5 Å². The summed E-state index contributed by atoms with van der Waals surface area (Å²) in [6, 6.07) is 83.5. The van der Waals surface area contributed by atoms with Crippen LogP contribution in [0.15, 0.2) is 236 Å². The molecule has 18 rings (SSSR count). The average molecular weight is 1340 g/mol. The van der Waals surface area contributed by atoms with Gasteiger partial charge in [0.25, 0.3) is 0 Å². The van der Waals surface area contributed by atoms with Crippen molar-refractivity contribution in [2.75, 3.05) is 0 Å². The summed E-state index contributed by atoms with van der Waals surface area (Å²) in [5.74, 6) is 5.20. The van der Waals surface area contributed by atoms with Crippen LogP contribution in [0.4, 0.5) is 0 Å². The standard InChI is InChI=1S/2C44H37O2Si.Zr/c2*1-27-17-19-33-34(40(27)30-12-6-4-7-13-30)26-36(38-20-18-28(2)46-38)43(33)44-35(37-16-10-21-45-37)24-32-25-39(47-22-11-23-47)29(3)41(42(32)44)31-14-8-5-9-15-31;/h2*4-10,12-21,24-26,43,47H,11,22-23H2,1-3H3;. The molecule has 4 aromatic heterocycles. The van der Waals surface area contributed by atoms with E-state index in [1.807, 2.05) is 12.5 Å². The van der Waals surface area contributed by atoms with Gasteiger partial charge in [-0.25, -0.2) is 0 Å². The Balaban J connectivity index is 0.969. The van der Waals surface area contributed by atoms with Crippen LogP contribution < -0.4 is 10.4 Å². The topological polar surface area (TPSA) is 52.6 Å². The minimum absolute atomic E-state index is 0.0484. The summed E-state index contributed by atoms with van der Waals surface area (Å²) in [4.78, 5) is 0. The first-order chi connectivity index (χ1) is 46.6. The van der Waals surface area contributed by atoms with E-state index in [2.05, 4.69) is 260 Å². The molecular formula is C88H74O4Si2Zr. The number of allylic oxidation sites excluding steroid dienone is 6. The average Bonchev–Trinajstić information content (AvgIpc) is 1.54. The minimum atomic E-state index is -2.00. The molecule has 0 amide bonds. The zero-order valence-electron chi connectivity index (χ0n) is 54.8. The second-order valence-electron chi connectivity index (χ2n) is 27.6. The number of hydrogen-bond acceptors (Lipinski definition) is 4. The van der Waals surface area contributed by atoms with E-state index in [-0.39, 0.29) is 19.1 Å². The maximum absolute atomic E-state index is 7.15. The first-order valence-electron chi connectivity index (χ1n) is 34.4. The monoisotopic (exact) mass is 1340 g/mol. The van der Waals surface area contributed by atoms with E-state index in [0.29, 0.717) is 0 Å². The van der Waals surface area contributed by atoms with E-state index in [1.165, 1.54) is 182 Å². The van der Waals surface area contributed by atoms with E-state index >= 15 is 0 Å². The maximum atomic E-state index is 7.15. The summed E-state index contributed by atoms with van der Waals surface area (Å²) in [5, 5.41) is 3.30. The summed E-state index contributed by atoms with van der Waals surface area (Å²) in [6.07, 6.45) is 11.5. The van der Waals surface area contributed by atoms with Crippen molar-refractivity contribution in [3.05, 3.63) is 320 Å². The van der Waals surface area contributed by atoms with E-state index in [4.69, 9.17) is 17.7 Å². The van der Waals surface area contributed by atoms with Gasteiger partial charge in [0.1, 0.15) is 0 Å². The van der Waals surface area contributed by atoms with Crippen molar-refractivity contribution in [2.24, 2.45) is 0 Å². The number of hydrogen-bond donors (Lipinski definition) is 0. The van der Waals surface area contributed by atoms with Crippen LogP contribution >= 0.6 is 0 Å². The molecule has 0 saturated carbocycles. The molecule has 2 fully saturated rings. The number of rotatable bonds is 14. The van der Waals surface area contributed by atoms with E-state index in [0.717, 1.165) is 34.6 Å². The molecule has 95 heavy (non-hydrogen) atoms. The number of fused-ring (bicyclic) bond motifs is 4. The Morgan fingerprint density at radius 1 is 0.347 bits per heavy atom. The summed E-state index contributed by atoms with van der Waals surface area (Å²) in [6.45, 7) is 13.7. The third-order valence-corrected chi connectivity index (χ3v) is 34.3. The summed E-state index contributed by atoms with van der Waals surface area (Å²) < 4.78 is 28.3. The van der Waals surface area contributed by atoms with Gasteiger partial charge in [-0.1, -0.05) is 0 Å². The summed E-state index contributed by atoms with van der Waals surface area (Å²) >= 11 is -2.00. The molecule has 2 saturated heterocycles. The van der Waals surface area contributed by atoms with Crippen molar-refractivity contribution in [1.82, 2.24) is 0 Å². The van der Waals surface area contributed by atoms with Gasteiger partial charge in [-0.15, -0.1) is 0 Å². The molecule has 7 heteroatoms. The van der Waals surface area contributed by atoms with Gasteiger partial charge in [0.2, 0.25) is 0 Å². The van der Waals surface area contributed by atoms with Crippen LogP contribution in [0.2, 0.25) is 24.2 Å². The first kappa shape index (κ1) is 58.7. The zero-order chi connectivity index (χ0) is 63.7. The molecule has 0 bridgehead atoms. The predicted octanol–water partition coefficient (Wildman–Crippen LogP) is 21.6. The van der Waals surface area contributed by atoms with E-state index in [9.17, 15) is 0 Å². The van der Waals surface area contributed by atoms with Crippen LogP contribution in [0.1, 0.15) is 133 Å². The molecule has 4 atom stereocenters. The van der Waals surface area contributed by atoms with Crippen molar-refractivity contribution in [1.29, 1.82) is 0 Å². The first-order valence-corrected chi connectivity index (χ1v) is 41.6. The van der Waals surface area contributed by atoms with Gasteiger partial charge in [0, 0.05) is 0 Å². The molecule has 4 unspecified atom stereocenters. The number of furan rings is 4. The Morgan fingerprint density at radius 3 is 1.05 bits per heavy atom. The van der Waals surface area contributed by atoms with Crippen LogP contribution in [-0.4, -0.2) is 17.6 Å². The fourth-order valence-corrected chi connectivity index (χ4v) is 28.0. The zero-order valence-corrected chi connectivity index (χ0v) is 59.5. The molecule has 2 aliphatic heterocycles. The second kappa shape index (κ2) is 23.5. The Morgan fingerprint density at radius 2 is 0.726 bits per heavy atom. The third kappa shape index (κ3) is 9.49. The summed E-state index contributed by atoms with van der Waals surface area (Å²) in [7, 11) is -2.64. The SMILES string of the molecule is Cc1ccc(C2=Cc3c(ccc(C)c3-c3ccccc3)C2C2=C(c3ccco3)[CH]([Zr][CH]3C(c4ccco4)=C(C4C(c5ccc(C)o5)=Cc5c4ccc(C)c5-c4ccccc4)c4c3cc([SiH]3CCC3)c(C)c4-c3ccccc3)c3cc([SiH]4CCC4)c(C)c(-c4ccccc4)c32)o1. The Hall–Kier alpha value is -8.84. The van der Waals surface area contributed by atoms with E-state index < -0.39 is 40.8 Å². The second-order valence-corrected chi connectivity index (χ2v) is 37.6. The van der Waals surface area contributed by atoms with Gasteiger partial charge in [0.05, 0.1) is 0 Å². The number of aryl methyl sites for hydroxylation is 4. The Labute approximate surface area is 572 Å². The van der Waals surface area contributed by atoms with Gasteiger partial charge in [-0.3, -0.25) is 0 Å². The summed E-state index contributed by atoms with van der Waals surface area (Å²) in [5.41, 5.74) is 34.5. The molecule has 12 aromatic rings. The third-order valence-electron chi connectivity index (χ3n) is 22.3. The molecule has 0 spiro atoms. The van der Waals surface area contributed by atoms with Crippen molar-refractivity contribution in [3.63, 3.8) is 0 Å². The molecule has 462 valence electrons.